The van der Waals surface area contributed by atoms with E-state index in [1.807, 2.05) is 12.1 Å². The van der Waals surface area contributed by atoms with Crippen molar-refractivity contribution in [2.24, 2.45) is 5.73 Å². The van der Waals surface area contributed by atoms with E-state index in [1.165, 1.54) is 60.9 Å². The highest BCUT2D eigenvalue weighted by atomic mass is 16.1. The predicted octanol–water partition coefficient (Wildman–Crippen LogP) is 3.24. The first-order valence-electron chi connectivity index (χ1n) is 9.58. The largest absolute Gasteiger partial charge is 0.366 e. The molecule has 0 spiro atoms. The lowest BCUT2D eigenvalue weighted by Crippen LogP contribution is -2.25. The van der Waals surface area contributed by atoms with Gasteiger partial charge in [0.2, 0.25) is 5.91 Å². The van der Waals surface area contributed by atoms with Gasteiger partial charge < -0.3 is 10.6 Å². The number of primary amides is 1. The molecule has 1 atom stereocenters. The van der Waals surface area contributed by atoms with Gasteiger partial charge in [0.15, 0.2) is 0 Å². The third-order valence-electron chi connectivity index (χ3n) is 6.06. The van der Waals surface area contributed by atoms with Crippen molar-refractivity contribution in [2.75, 3.05) is 13.6 Å². The van der Waals surface area contributed by atoms with Crippen molar-refractivity contribution in [2.45, 2.75) is 57.4 Å². The van der Waals surface area contributed by atoms with Gasteiger partial charge >= 0.3 is 0 Å². The standard InChI is InChI=1S/C21H27N3O/c1-24-12-4-5-15(24)9-11-16-17-6-2-3-7-19(17)23-20-13-14(21(22)25)8-10-18(16)20/h8,10,13,15H,2-7,9,11-12H2,1H3,(H2,22,25). The van der Waals surface area contributed by atoms with Crippen LogP contribution in [0.25, 0.3) is 10.9 Å². The molecule has 132 valence electrons. The van der Waals surface area contributed by atoms with Gasteiger partial charge in [0.05, 0.1) is 5.52 Å². The molecule has 1 amide bonds. The molecule has 1 fully saturated rings. The third-order valence-corrected chi connectivity index (χ3v) is 6.06. The maximum Gasteiger partial charge on any atom is 0.248 e. The maximum absolute atomic E-state index is 11.5. The highest BCUT2D eigenvalue weighted by Gasteiger charge is 2.23. The van der Waals surface area contributed by atoms with Crippen molar-refractivity contribution in [3.05, 3.63) is 40.6 Å². The van der Waals surface area contributed by atoms with Crippen LogP contribution in [0.1, 0.15) is 59.3 Å². The van der Waals surface area contributed by atoms with Crippen molar-refractivity contribution in [3.63, 3.8) is 0 Å². The van der Waals surface area contributed by atoms with Crippen LogP contribution in [0.4, 0.5) is 0 Å². The lowest BCUT2D eigenvalue weighted by Gasteiger charge is -2.24. The monoisotopic (exact) mass is 337 g/mol. The van der Waals surface area contributed by atoms with Crippen LogP contribution in [0, 0.1) is 0 Å². The lowest BCUT2D eigenvalue weighted by molar-refractivity contribution is 0.100. The Morgan fingerprint density at radius 1 is 1.28 bits per heavy atom. The molecule has 0 radical (unpaired) electrons. The summed E-state index contributed by atoms with van der Waals surface area (Å²) in [7, 11) is 2.25. The SMILES string of the molecule is CN1CCCC1CCc1c2c(nc3cc(C(N)=O)ccc13)CCCC2. The number of benzene rings is 1. The number of fused-ring (bicyclic) bond motifs is 2. The van der Waals surface area contributed by atoms with Crippen molar-refractivity contribution in [1.29, 1.82) is 0 Å². The Labute approximate surface area is 149 Å². The zero-order chi connectivity index (χ0) is 17.4. The fourth-order valence-electron chi connectivity index (χ4n) is 4.62. The summed E-state index contributed by atoms with van der Waals surface area (Å²) in [6, 6.07) is 6.49. The molecular weight excluding hydrogens is 310 g/mol. The van der Waals surface area contributed by atoms with Crippen molar-refractivity contribution in [3.8, 4) is 0 Å². The van der Waals surface area contributed by atoms with Crippen LogP contribution < -0.4 is 5.73 Å². The second kappa shape index (κ2) is 6.75. The fourth-order valence-corrected chi connectivity index (χ4v) is 4.62. The Balaban J connectivity index is 1.75. The van der Waals surface area contributed by atoms with Gasteiger partial charge in [-0.25, -0.2) is 0 Å². The number of hydrogen-bond donors (Lipinski definition) is 1. The van der Waals surface area contributed by atoms with Crippen LogP contribution in [-0.2, 0) is 19.3 Å². The lowest BCUT2D eigenvalue weighted by atomic mass is 9.87. The summed E-state index contributed by atoms with van der Waals surface area (Å²) < 4.78 is 0. The molecule has 4 heteroatoms. The number of nitrogens with two attached hydrogens (primary N) is 1. The molecule has 0 bridgehead atoms. The fraction of sp³-hybridized carbons (Fsp3) is 0.524. The van der Waals surface area contributed by atoms with Crippen LogP contribution in [-0.4, -0.2) is 35.4 Å². The van der Waals surface area contributed by atoms with Crippen LogP contribution in [0.2, 0.25) is 0 Å². The number of aryl methyl sites for hydroxylation is 2. The quantitative estimate of drug-likeness (QED) is 0.932. The van der Waals surface area contributed by atoms with E-state index in [9.17, 15) is 4.79 Å². The molecule has 2 aliphatic rings. The number of carbonyl (C=O) groups is 1. The second-order valence-corrected chi connectivity index (χ2v) is 7.63. The van der Waals surface area contributed by atoms with Crippen LogP contribution in [0.5, 0.6) is 0 Å². The Morgan fingerprint density at radius 3 is 2.88 bits per heavy atom. The van der Waals surface area contributed by atoms with Crippen molar-refractivity contribution >= 4 is 16.8 Å². The summed E-state index contributed by atoms with van der Waals surface area (Å²) in [5.41, 5.74) is 11.1. The Bertz CT molecular complexity index is 814. The highest BCUT2D eigenvalue weighted by Crippen LogP contribution is 2.32. The smallest absolute Gasteiger partial charge is 0.248 e. The van der Waals surface area contributed by atoms with Gasteiger partial charge in [0.25, 0.3) is 0 Å². The Kier molecular flexibility index (Phi) is 4.46. The van der Waals surface area contributed by atoms with E-state index in [0.29, 0.717) is 11.6 Å². The van der Waals surface area contributed by atoms with Crippen LogP contribution in [0.15, 0.2) is 18.2 Å². The Hall–Kier alpha value is -1.94. The molecular formula is C21H27N3O. The number of hydrogen-bond acceptors (Lipinski definition) is 3. The summed E-state index contributed by atoms with van der Waals surface area (Å²) in [6.07, 6.45) is 9.62. The first kappa shape index (κ1) is 16.5. The molecule has 1 unspecified atom stereocenters. The number of likely N-dealkylation sites (tertiary alicyclic amines) is 1. The second-order valence-electron chi connectivity index (χ2n) is 7.63. The van der Waals surface area contributed by atoms with Gasteiger partial charge in [0, 0.05) is 22.7 Å². The maximum atomic E-state index is 11.5. The van der Waals surface area contributed by atoms with E-state index in [4.69, 9.17) is 10.7 Å². The molecule has 1 aromatic heterocycles. The van der Waals surface area contributed by atoms with Crippen LogP contribution >= 0.6 is 0 Å². The van der Waals surface area contributed by atoms with Gasteiger partial charge in [-0.05, 0) is 88.2 Å². The zero-order valence-electron chi connectivity index (χ0n) is 15.1. The molecule has 4 nitrogen and oxygen atoms in total. The van der Waals surface area contributed by atoms with Crippen molar-refractivity contribution in [1.82, 2.24) is 9.88 Å². The number of pyridine rings is 1. The minimum absolute atomic E-state index is 0.379. The molecule has 1 aliphatic heterocycles. The number of nitrogens with zero attached hydrogens (tertiary/aromatic N) is 2. The average Bonchev–Trinajstić information content (AvgIpc) is 3.03. The summed E-state index contributed by atoms with van der Waals surface area (Å²) in [6.45, 7) is 1.22. The number of aromatic nitrogens is 1. The summed E-state index contributed by atoms with van der Waals surface area (Å²) >= 11 is 0. The van der Waals surface area contributed by atoms with Gasteiger partial charge in [-0.2, -0.15) is 0 Å². The first-order chi connectivity index (χ1) is 12.1. The van der Waals surface area contributed by atoms with E-state index < -0.39 is 0 Å². The highest BCUT2D eigenvalue weighted by molar-refractivity contribution is 5.97. The van der Waals surface area contributed by atoms with E-state index in [0.717, 1.165) is 24.8 Å². The third kappa shape index (κ3) is 3.15. The average molecular weight is 337 g/mol. The molecule has 2 heterocycles. The summed E-state index contributed by atoms with van der Waals surface area (Å²) in [5.74, 6) is -0.379. The minimum atomic E-state index is -0.379. The number of carbonyl (C=O) groups excluding carboxylic acids is 1. The van der Waals surface area contributed by atoms with Crippen LogP contribution in [0.3, 0.4) is 0 Å². The summed E-state index contributed by atoms with van der Waals surface area (Å²) in [5, 5.41) is 1.21. The zero-order valence-corrected chi connectivity index (χ0v) is 15.1. The normalized spacial score (nSPS) is 20.8. The molecule has 2 aromatic rings. The molecule has 4 rings (SSSR count). The van der Waals surface area contributed by atoms with E-state index in [-0.39, 0.29) is 5.91 Å². The van der Waals surface area contributed by atoms with Gasteiger partial charge in [-0.3, -0.25) is 9.78 Å². The minimum Gasteiger partial charge on any atom is -0.366 e. The molecule has 1 aromatic carbocycles. The van der Waals surface area contributed by atoms with E-state index >= 15 is 0 Å². The number of amides is 1. The molecule has 0 saturated carbocycles. The van der Waals surface area contributed by atoms with Gasteiger partial charge in [-0.1, -0.05) is 6.07 Å². The van der Waals surface area contributed by atoms with E-state index in [1.54, 1.807) is 0 Å². The van der Waals surface area contributed by atoms with Gasteiger partial charge in [0.1, 0.15) is 0 Å². The van der Waals surface area contributed by atoms with Crippen molar-refractivity contribution < 1.29 is 4.79 Å². The number of rotatable bonds is 4. The molecule has 25 heavy (non-hydrogen) atoms. The predicted molar refractivity (Wildman–Crippen MR) is 101 cm³/mol. The Morgan fingerprint density at radius 2 is 2.12 bits per heavy atom. The molecule has 1 saturated heterocycles. The van der Waals surface area contributed by atoms with Gasteiger partial charge in [-0.15, -0.1) is 0 Å². The summed E-state index contributed by atoms with van der Waals surface area (Å²) in [4.78, 5) is 18.9. The molecule has 2 N–H and O–H groups in total. The first-order valence-corrected chi connectivity index (χ1v) is 9.58. The molecule has 1 aliphatic carbocycles. The topological polar surface area (TPSA) is 59.2 Å². The van der Waals surface area contributed by atoms with E-state index in [2.05, 4.69) is 18.0 Å².